The minimum atomic E-state index is -0.776. The molecule has 1 atom stereocenters. The van der Waals surface area contributed by atoms with Crippen LogP contribution in [0.25, 0.3) is 0 Å². The predicted octanol–water partition coefficient (Wildman–Crippen LogP) is 3.08. The molecule has 1 rings (SSSR count). The van der Waals surface area contributed by atoms with Gasteiger partial charge in [-0.2, -0.15) is 0 Å². The van der Waals surface area contributed by atoms with Gasteiger partial charge in [0, 0.05) is 5.88 Å². The molecule has 3 nitrogen and oxygen atoms in total. The highest BCUT2D eigenvalue weighted by Gasteiger charge is 2.17. The number of alkyl halides is 2. The van der Waals surface area contributed by atoms with Crippen molar-refractivity contribution in [3.8, 4) is 0 Å². The molecule has 92 valence electrons. The summed E-state index contributed by atoms with van der Waals surface area (Å²) in [5, 5.41) is -0.776. The molecule has 5 heteroatoms. The average Bonchev–Trinajstić information content (AvgIpc) is 2.35. The molecule has 0 N–H and O–H groups in total. The van der Waals surface area contributed by atoms with Gasteiger partial charge in [-0.15, -0.1) is 23.2 Å². The Morgan fingerprint density at radius 2 is 2.00 bits per heavy atom. The van der Waals surface area contributed by atoms with Crippen LogP contribution in [0.1, 0.15) is 33.8 Å². The van der Waals surface area contributed by atoms with Crippen molar-refractivity contribution < 1.29 is 14.3 Å². The lowest BCUT2D eigenvalue weighted by Crippen LogP contribution is -2.07. The Kier molecular flexibility index (Phi) is 4.97. The first-order valence-electron chi connectivity index (χ1n) is 4.92. The summed E-state index contributed by atoms with van der Waals surface area (Å²) in [6, 6.07) is 4.87. The second kappa shape index (κ2) is 6.03. The lowest BCUT2D eigenvalue weighted by atomic mass is 10.0. The summed E-state index contributed by atoms with van der Waals surface area (Å²) >= 11 is 11.7. The second-order valence-corrected chi connectivity index (χ2v) is 4.27. The zero-order chi connectivity index (χ0) is 13.0. The van der Waals surface area contributed by atoms with Crippen molar-refractivity contribution in [2.75, 3.05) is 7.11 Å². The van der Waals surface area contributed by atoms with Crippen molar-refractivity contribution in [2.24, 2.45) is 0 Å². The Labute approximate surface area is 110 Å². The van der Waals surface area contributed by atoms with Crippen LogP contribution in [0.2, 0.25) is 0 Å². The normalized spacial score (nSPS) is 12.0. The van der Waals surface area contributed by atoms with Gasteiger partial charge in [-0.1, -0.05) is 6.07 Å². The summed E-state index contributed by atoms with van der Waals surface area (Å²) in [7, 11) is 1.29. The molecule has 0 fully saturated rings. The zero-order valence-electron chi connectivity index (χ0n) is 9.50. The lowest BCUT2D eigenvalue weighted by molar-refractivity contribution is -0.116. The predicted molar refractivity (Wildman–Crippen MR) is 66.6 cm³/mol. The minimum Gasteiger partial charge on any atom is -0.465 e. The third kappa shape index (κ3) is 3.45. The van der Waals surface area contributed by atoms with E-state index in [4.69, 9.17) is 23.2 Å². The number of carbonyl (C=O) groups is 2. The fourth-order valence-corrected chi connectivity index (χ4v) is 1.69. The van der Waals surface area contributed by atoms with Gasteiger partial charge in [0.15, 0.2) is 5.78 Å². The van der Waals surface area contributed by atoms with E-state index in [1.807, 2.05) is 0 Å². The highest BCUT2D eigenvalue weighted by Crippen LogP contribution is 2.25. The summed E-state index contributed by atoms with van der Waals surface area (Å²) in [4.78, 5) is 22.6. The standard InChI is InChI=1S/C12H12Cl2O3/c1-7(15)11(14)9-3-8(6-13)4-10(5-9)12(16)17-2/h3-5,11H,6H2,1-2H3. The zero-order valence-corrected chi connectivity index (χ0v) is 11.0. The molecule has 0 aliphatic rings. The highest BCUT2D eigenvalue weighted by atomic mass is 35.5. The molecule has 0 aliphatic carbocycles. The lowest BCUT2D eigenvalue weighted by Gasteiger charge is -2.10. The first-order chi connectivity index (χ1) is 7.99. The van der Waals surface area contributed by atoms with Crippen LogP contribution >= 0.6 is 23.2 Å². The van der Waals surface area contributed by atoms with Gasteiger partial charge in [0.1, 0.15) is 5.38 Å². The average molecular weight is 275 g/mol. The van der Waals surface area contributed by atoms with Gasteiger partial charge >= 0.3 is 5.97 Å². The maximum absolute atomic E-state index is 11.4. The summed E-state index contributed by atoms with van der Waals surface area (Å²) in [5.74, 6) is -0.431. The Balaban J connectivity index is 3.22. The second-order valence-electron chi connectivity index (χ2n) is 3.56. The van der Waals surface area contributed by atoms with E-state index in [0.29, 0.717) is 11.1 Å². The first-order valence-corrected chi connectivity index (χ1v) is 5.89. The van der Waals surface area contributed by atoms with Gasteiger partial charge in [-0.3, -0.25) is 4.79 Å². The Morgan fingerprint density at radius 3 is 2.47 bits per heavy atom. The van der Waals surface area contributed by atoms with Crippen LogP contribution in [-0.4, -0.2) is 18.9 Å². The smallest absolute Gasteiger partial charge is 0.337 e. The first kappa shape index (κ1) is 14.0. The van der Waals surface area contributed by atoms with Gasteiger partial charge in [0.05, 0.1) is 12.7 Å². The van der Waals surface area contributed by atoms with Crippen LogP contribution in [0.4, 0.5) is 0 Å². The van der Waals surface area contributed by atoms with E-state index in [2.05, 4.69) is 4.74 Å². The van der Waals surface area contributed by atoms with E-state index in [9.17, 15) is 9.59 Å². The van der Waals surface area contributed by atoms with Gasteiger partial charge < -0.3 is 4.74 Å². The summed E-state index contributed by atoms with van der Waals surface area (Å²) in [6.45, 7) is 1.39. The third-order valence-corrected chi connectivity index (χ3v) is 3.11. The molecule has 0 amide bonds. The maximum Gasteiger partial charge on any atom is 0.337 e. The van der Waals surface area contributed by atoms with Crippen molar-refractivity contribution in [3.63, 3.8) is 0 Å². The molecule has 0 saturated carbocycles. The molecular weight excluding hydrogens is 263 g/mol. The van der Waals surface area contributed by atoms with E-state index in [-0.39, 0.29) is 11.7 Å². The minimum absolute atomic E-state index is 0.186. The van der Waals surface area contributed by atoms with Crippen LogP contribution in [-0.2, 0) is 15.4 Å². The van der Waals surface area contributed by atoms with Crippen molar-refractivity contribution >= 4 is 35.0 Å². The monoisotopic (exact) mass is 274 g/mol. The van der Waals surface area contributed by atoms with Crippen molar-refractivity contribution in [3.05, 3.63) is 34.9 Å². The summed E-state index contributed by atoms with van der Waals surface area (Å²) < 4.78 is 4.62. The maximum atomic E-state index is 11.4. The molecule has 1 aromatic carbocycles. The Hall–Kier alpha value is -1.06. The number of Topliss-reactive ketones (excluding diaryl/α,β-unsaturated/α-hetero) is 1. The number of ketones is 1. The van der Waals surface area contributed by atoms with Crippen LogP contribution in [0.3, 0.4) is 0 Å². The van der Waals surface area contributed by atoms with Gasteiger partial charge in [-0.05, 0) is 30.2 Å². The van der Waals surface area contributed by atoms with Crippen molar-refractivity contribution in [2.45, 2.75) is 18.2 Å². The van der Waals surface area contributed by atoms with E-state index >= 15 is 0 Å². The van der Waals surface area contributed by atoms with Crippen molar-refractivity contribution in [1.82, 2.24) is 0 Å². The Morgan fingerprint density at radius 1 is 1.35 bits per heavy atom. The molecule has 0 aromatic heterocycles. The van der Waals surface area contributed by atoms with Crippen LogP contribution < -0.4 is 0 Å². The number of ether oxygens (including phenoxy) is 1. The molecule has 1 aromatic rings. The van der Waals surface area contributed by atoms with E-state index < -0.39 is 11.3 Å². The fourth-order valence-electron chi connectivity index (χ4n) is 1.41. The number of hydrogen-bond acceptors (Lipinski definition) is 3. The summed E-state index contributed by atoms with van der Waals surface area (Å²) in [6.07, 6.45) is 0. The molecule has 1 unspecified atom stereocenters. The number of esters is 1. The number of benzene rings is 1. The topological polar surface area (TPSA) is 43.4 Å². The third-order valence-electron chi connectivity index (χ3n) is 2.24. The highest BCUT2D eigenvalue weighted by molar-refractivity contribution is 6.30. The van der Waals surface area contributed by atoms with Crippen LogP contribution in [0.5, 0.6) is 0 Å². The summed E-state index contributed by atoms with van der Waals surface area (Å²) in [5.41, 5.74) is 1.61. The quantitative estimate of drug-likeness (QED) is 0.626. The molecule has 0 saturated heterocycles. The number of carbonyl (C=O) groups excluding carboxylic acids is 2. The van der Waals surface area contributed by atoms with Crippen molar-refractivity contribution in [1.29, 1.82) is 0 Å². The molecule has 0 bridgehead atoms. The molecular formula is C12H12Cl2O3. The largest absolute Gasteiger partial charge is 0.465 e. The van der Waals surface area contributed by atoms with E-state index in [1.54, 1.807) is 18.2 Å². The molecule has 0 heterocycles. The number of hydrogen-bond donors (Lipinski definition) is 0. The Bertz CT molecular complexity index is 443. The number of rotatable bonds is 4. The van der Waals surface area contributed by atoms with Gasteiger partial charge in [0.2, 0.25) is 0 Å². The molecule has 17 heavy (non-hydrogen) atoms. The molecule has 0 aliphatic heterocycles. The van der Waals surface area contributed by atoms with Gasteiger partial charge in [-0.25, -0.2) is 4.79 Å². The SMILES string of the molecule is COC(=O)c1cc(CCl)cc(C(Cl)C(C)=O)c1. The molecule has 0 radical (unpaired) electrons. The number of methoxy groups -OCH3 is 1. The fraction of sp³-hybridized carbons (Fsp3) is 0.333. The van der Waals surface area contributed by atoms with Gasteiger partial charge in [0.25, 0.3) is 0 Å². The number of halogens is 2. The van der Waals surface area contributed by atoms with Crippen LogP contribution in [0.15, 0.2) is 18.2 Å². The van der Waals surface area contributed by atoms with E-state index in [1.165, 1.54) is 14.0 Å². The van der Waals surface area contributed by atoms with Crippen LogP contribution in [0, 0.1) is 0 Å². The van der Waals surface area contributed by atoms with E-state index in [0.717, 1.165) is 5.56 Å². The molecule has 0 spiro atoms.